The molecular weight excluding hydrogens is 380 g/mol. The summed E-state index contributed by atoms with van der Waals surface area (Å²) >= 11 is 5.92. The summed E-state index contributed by atoms with van der Waals surface area (Å²) in [5, 5.41) is 6.21. The molecule has 6 nitrogen and oxygen atoms in total. The molecule has 0 heterocycles. The lowest BCUT2D eigenvalue weighted by Gasteiger charge is -2.22. The molecule has 0 radical (unpaired) electrons. The van der Waals surface area contributed by atoms with E-state index in [9.17, 15) is 14.4 Å². The minimum atomic E-state index is -0.524. The minimum absolute atomic E-state index is 0.0119. The largest absolute Gasteiger partial charge is 0.469 e. The van der Waals surface area contributed by atoms with Crippen LogP contribution in [0, 0.1) is 0 Å². The number of hydrogen-bond donors (Lipinski definition) is 2. The van der Waals surface area contributed by atoms with Gasteiger partial charge in [-0.25, -0.2) is 0 Å². The first-order valence-electron chi connectivity index (χ1n) is 8.82. The number of carbonyl (C=O) groups is 3. The zero-order valence-corrected chi connectivity index (χ0v) is 16.5. The molecule has 2 aromatic carbocycles. The summed E-state index contributed by atoms with van der Waals surface area (Å²) in [4.78, 5) is 36.0. The Hall–Kier alpha value is -2.86. The predicted octanol–water partition coefficient (Wildman–Crippen LogP) is 3.33. The van der Waals surface area contributed by atoms with Crippen molar-refractivity contribution in [1.29, 1.82) is 0 Å². The van der Waals surface area contributed by atoms with E-state index >= 15 is 0 Å². The Morgan fingerprint density at radius 2 is 1.46 bits per heavy atom. The van der Waals surface area contributed by atoms with Crippen LogP contribution in [0.3, 0.4) is 0 Å². The molecule has 0 aromatic heterocycles. The molecule has 0 aliphatic rings. The molecule has 148 valence electrons. The third-order valence-corrected chi connectivity index (χ3v) is 4.43. The van der Waals surface area contributed by atoms with E-state index in [0.717, 1.165) is 11.1 Å². The van der Waals surface area contributed by atoms with E-state index in [1.165, 1.54) is 14.0 Å². The fourth-order valence-corrected chi connectivity index (χ4v) is 2.94. The summed E-state index contributed by atoms with van der Waals surface area (Å²) < 4.78 is 4.74. The van der Waals surface area contributed by atoms with Crippen LogP contribution in [-0.4, -0.2) is 24.9 Å². The van der Waals surface area contributed by atoms with E-state index < -0.39 is 18.1 Å². The highest BCUT2D eigenvalue weighted by Crippen LogP contribution is 2.22. The Labute approximate surface area is 169 Å². The molecule has 0 saturated heterocycles. The molecule has 7 heteroatoms. The van der Waals surface area contributed by atoms with Gasteiger partial charge in [-0.3, -0.25) is 14.4 Å². The molecule has 28 heavy (non-hydrogen) atoms. The van der Waals surface area contributed by atoms with Crippen LogP contribution < -0.4 is 10.6 Å². The maximum absolute atomic E-state index is 12.7. The monoisotopic (exact) mass is 402 g/mol. The number of methoxy groups -OCH3 is 1. The summed E-state index contributed by atoms with van der Waals surface area (Å²) in [6.45, 7) is 1.39. The zero-order chi connectivity index (χ0) is 20.5. The Morgan fingerprint density at radius 3 is 2.04 bits per heavy atom. The SMILES string of the molecule is COC(=O)C[C@H](NC(=O)C[C@H](NC(C)=O)c1ccc(Cl)cc1)c1ccccc1. The number of amides is 2. The first-order valence-corrected chi connectivity index (χ1v) is 9.20. The molecule has 0 spiro atoms. The average Bonchev–Trinajstić information content (AvgIpc) is 2.67. The first-order chi connectivity index (χ1) is 13.4. The van der Waals surface area contributed by atoms with Gasteiger partial charge in [0.05, 0.1) is 32.0 Å². The van der Waals surface area contributed by atoms with E-state index in [1.54, 1.807) is 24.3 Å². The summed E-state index contributed by atoms with van der Waals surface area (Å²) in [5.41, 5.74) is 1.56. The summed E-state index contributed by atoms with van der Waals surface area (Å²) in [5.74, 6) is -0.973. The normalized spacial score (nSPS) is 12.5. The van der Waals surface area contributed by atoms with Gasteiger partial charge < -0.3 is 15.4 Å². The van der Waals surface area contributed by atoms with Crippen molar-refractivity contribution in [3.8, 4) is 0 Å². The van der Waals surface area contributed by atoms with Crippen molar-refractivity contribution in [3.05, 3.63) is 70.7 Å². The number of halogens is 1. The van der Waals surface area contributed by atoms with Crippen molar-refractivity contribution < 1.29 is 19.1 Å². The maximum Gasteiger partial charge on any atom is 0.307 e. The van der Waals surface area contributed by atoms with Crippen LogP contribution >= 0.6 is 11.6 Å². The molecule has 2 atom stereocenters. The number of carbonyl (C=O) groups excluding carboxylic acids is 3. The van der Waals surface area contributed by atoms with E-state index in [2.05, 4.69) is 10.6 Å². The van der Waals surface area contributed by atoms with Crippen LogP contribution in [0.15, 0.2) is 54.6 Å². The number of ether oxygens (including phenoxy) is 1. The van der Waals surface area contributed by atoms with Crippen LogP contribution in [0.25, 0.3) is 0 Å². The highest BCUT2D eigenvalue weighted by Gasteiger charge is 2.22. The molecule has 0 aliphatic carbocycles. The second-order valence-corrected chi connectivity index (χ2v) is 6.76. The number of esters is 1. The summed E-state index contributed by atoms with van der Waals surface area (Å²) in [7, 11) is 1.31. The molecule has 2 aromatic rings. The topological polar surface area (TPSA) is 84.5 Å². The van der Waals surface area contributed by atoms with Crippen LogP contribution in [0.2, 0.25) is 5.02 Å². The third kappa shape index (κ3) is 6.70. The van der Waals surface area contributed by atoms with Gasteiger partial charge in [-0.1, -0.05) is 54.1 Å². The first kappa shape index (κ1) is 21.4. The molecule has 2 amide bonds. The molecular formula is C21H23ClN2O4. The fourth-order valence-electron chi connectivity index (χ4n) is 2.82. The zero-order valence-electron chi connectivity index (χ0n) is 15.8. The standard InChI is InChI=1S/C21H23ClN2O4/c1-14(25)23-18(16-8-10-17(22)11-9-16)12-20(26)24-19(13-21(27)28-2)15-6-4-3-5-7-15/h3-11,18-19H,12-13H2,1-2H3,(H,23,25)(H,24,26)/t18-,19-/m0/s1. The Balaban J connectivity index is 2.14. The number of hydrogen-bond acceptors (Lipinski definition) is 4. The van der Waals surface area contributed by atoms with Crippen molar-refractivity contribution >= 4 is 29.4 Å². The number of nitrogens with one attached hydrogen (secondary N) is 2. The predicted molar refractivity (Wildman–Crippen MR) is 107 cm³/mol. The maximum atomic E-state index is 12.7. The lowest BCUT2D eigenvalue weighted by Crippen LogP contribution is -2.35. The van der Waals surface area contributed by atoms with E-state index in [0.29, 0.717) is 5.02 Å². The molecule has 2 rings (SSSR count). The molecule has 2 N–H and O–H groups in total. The van der Waals surface area contributed by atoms with Gasteiger partial charge >= 0.3 is 5.97 Å². The smallest absolute Gasteiger partial charge is 0.307 e. The Kier molecular flexibility index (Phi) is 8.02. The minimum Gasteiger partial charge on any atom is -0.469 e. The van der Waals surface area contributed by atoms with Gasteiger partial charge in [0.25, 0.3) is 0 Å². The summed E-state index contributed by atoms with van der Waals surface area (Å²) in [6.07, 6.45) is 0.0315. The van der Waals surface area contributed by atoms with Crippen LogP contribution in [0.4, 0.5) is 0 Å². The van der Waals surface area contributed by atoms with Gasteiger partial charge in [-0.15, -0.1) is 0 Å². The van der Waals surface area contributed by atoms with Crippen molar-refractivity contribution in [2.75, 3.05) is 7.11 Å². The van der Waals surface area contributed by atoms with Gasteiger partial charge in [-0.05, 0) is 23.3 Å². The van der Waals surface area contributed by atoms with E-state index in [4.69, 9.17) is 16.3 Å². The van der Waals surface area contributed by atoms with E-state index in [-0.39, 0.29) is 24.7 Å². The highest BCUT2D eigenvalue weighted by atomic mass is 35.5. The third-order valence-electron chi connectivity index (χ3n) is 4.18. The molecule has 0 unspecified atom stereocenters. The van der Waals surface area contributed by atoms with Crippen molar-refractivity contribution in [1.82, 2.24) is 10.6 Å². The average molecular weight is 403 g/mol. The highest BCUT2D eigenvalue weighted by molar-refractivity contribution is 6.30. The van der Waals surface area contributed by atoms with Crippen LogP contribution in [0.1, 0.15) is 43.0 Å². The number of benzene rings is 2. The second kappa shape index (κ2) is 10.5. The van der Waals surface area contributed by atoms with E-state index in [1.807, 2.05) is 30.3 Å². The quantitative estimate of drug-likeness (QED) is 0.663. The lowest BCUT2D eigenvalue weighted by atomic mass is 10.0. The van der Waals surface area contributed by atoms with Crippen LogP contribution in [-0.2, 0) is 19.1 Å². The molecule has 0 bridgehead atoms. The van der Waals surface area contributed by atoms with Crippen molar-refractivity contribution in [3.63, 3.8) is 0 Å². The Morgan fingerprint density at radius 1 is 0.893 bits per heavy atom. The van der Waals surface area contributed by atoms with Crippen LogP contribution in [0.5, 0.6) is 0 Å². The second-order valence-electron chi connectivity index (χ2n) is 6.32. The van der Waals surface area contributed by atoms with Gasteiger partial charge in [0.1, 0.15) is 0 Å². The lowest BCUT2D eigenvalue weighted by molar-refractivity contribution is -0.141. The van der Waals surface area contributed by atoms with Crippen molar-refractivity contribution in [2.24, 2.45) is 0 Å². The van der Waals surface area contributed by atoms with Gasteiger partial charge in [0.15, 0.2) is 0 Å². The number of rotatable bonds is 8. The Bertz CT molecular complexity index is 803. The molecule has 0 saturated carbocycles. The summed E-state index contributed by atoms with van der Waals surface area (Å²) in [6, 6.07) is 15.1. The van der Waals surface area contributed by atoms with Gasteiger partial charge in [-0.2, -0.15) is 0 Å². The van der Waals surface area contributed by atoms with Crippen molar-refractivity contribution in [2.45, 2.75) is 31.8 Å². The molecule has 0 fully saturated rings. The van der Waals surface area contributed by atoms with Gasteiger partial charge in [0, 0.05) is 11.9 Å². The fraction of sp³-hybridized carbons (Fsp3) is 0.286. The van der Waals surface area contributed by atoms with Gasteiger partial charge in [0.2, 0.25) is 11.8 Å². The molecule has 0 aliphatic heterocycles.